The lowest BCUT2D eigenvalue weighted by atomic mass is 9.95. The third-order valence-corrected chi connectivity index (χ3v) is 2.42. The van der Waals surface area contributed by atoms with Crippen LogP contribution in [0.1, 0.15) is 11.1 Å². The van der Waals surface area contributed by atoms with Gasteiger partial charge in [0.2, 0.25) is 0 Å². The monoisotopic (exact) mass is 176 g/mol. The van der Waals surface area contributed by atoms with Gasteiger partial charge in [-0.1, -0.05) is 36.9 Å². The van der Waals surface area contributed by atoms with Gasteiger partial charge in [-0.25, -0.2) is 0 Å². The Labute approximate surface area is 77.5 Å². The molecule has 13 heavy (non-hydrogen) atoms. The predicted molar refractivity (Wildman–Crippen MR) is 51.2 cm³/mol. The average molecular weight is 176 g/mol. The van der Waals surface area contributed by atoms with E-state index in [2.05, 4.69) is 6.58 Å². The molecule has 1 aliphatic rings. The highest BCUT2D eigenvalue weighted by Crippen LogP contribution is 2.39. The number of hydrogen-bond donors (Lipinski definition) is 1. The lowest BCUT2D eigenvalue weighted by Gasteiger charge is -2.11. The Kier molecular flexibility index (Phi) is 1.94. The van der Waals surface area contributed by atoms with Crippen molar-refractivity contribution in [3.8, 4) is 0 Å². The molecule has 2 nitrogen and oxygen atoms in total. The molecule has 2 heteroatoms. The molecule has 0 radical (unpaired) electrons. The number of ether oxygens (including phenoxy) is 1. The molecule has 1 aromatic carbocycles. The summed E-state index contributed by atoms with van der Waals surface area (Å²) in [6.45, 7) is 4.38. The molecular weight excluding hydrogens is 164 g/mol. The van der Waals surface area contributed by atoms with Crippen molar-refractivity contribution in [3.05, 3.63) is 42.0 Å². The fourth-order valence-electron chi connectivity index (χ4n) is 1.51. The van der Waals surface area contributed by atoms with Crippen LogP contribution in [0.2, 0.25) is 0 Å². The van der Waals surface area contributed by atoms with Gasteiger partial charge in [0.1, 0.15) is 5.60 Å². The summed E-state index contributed by atoms with van der Waals surface area (Å²) in [6.07, 6.45) is 1.79. The Bertz CT molecular complexity index is 327. The van der Waals surface area contributed by atoms with Gasteiger partial charge in [0, 0.05) is 0 Å². The fourth-order valence-corrected chi connectivity index (χ4v) is 1.51. The topological polar surface area (TPSA) is 32.8 Å². The maximum absolute atomic E-state index is 9.17. The third kappa shape index (κ3) is 1.28. The predicted octanol–water partition coefficient (Wildman–Crippen LogP) is 1.55. The first-order valence-electron chi connectivity index (χ1n) is 4.29. The molecule has 0 bridgehead atoms. The summed E-state index contributed by atoms with van der Waals surface area (Å²) in [5.74, 6) is 0. The molecule has 1 atom stereocenters. The molecule has 1 saturated heterocycles. The zero-order valence-corrected chi connectivity index (χ0v) is 7.36. The Hall–Kier alpha value is -1.12. The molecule has 0 aliphatic carbocycles. The second-order valence-electron chi connectivity index (χ2n) is 3.23. The molecule has 0 saturated carbocycles. The normalized spacial score (nSPS) is 25.6. The second kappa shape index (κ2) is 2.98. The first-order valence-corrected chi connectivity index (χ1v) is 4.29. The summed E-state index contributed by atoms with van der Waals surface area (Å²) in [5, 5.41) is 9.17. The second-order valence-corrected chi connectivity index (χ2v) is 3.23. The van der Waals surface area contributed by atoms with E-state index in [0.29, 0.717) is 6.61 Å². The van der Waals surface area contributed by atoms with Crippen molar-refractivity contribution < 1.29 is 9.84 Å². The van der Waals surface area contributed by atoms with Gasteiger partial charge in [-0.2, -0.15) is 0 Å². The standard InChI is InChI=1S/C11H12O2/c1-2-9-5-3-4-6-10(9)11(7-12)8-13-11/h2-6,12H,1,7-8H2/t11-/m1/s1. The summed E-state index contributed by atoms with van der Waals surface area (Å²) in [5.41, 5.74) is 1.63. The number of aliphatic hydroxyl groups excluding tert-OH is 1. The van der Waals surface area contributed by atoms with Crippen molar-refractivity contribution in [1.29, 1.82) is 0 Å². The van der Waals surface area contributed by atoms with Gasteiger partial charge in [-0.3, -0.25) is 0 Å². The molecule has 1 fully saturated rings. The van der Waals surface area contributed by atoms with Crippen molar-refractivity contribution in [2.45, 2.75) is 5.60 Å². The van der Waals surface area contributed by atoms with Crippen LogP contribution in [0.4, 0.5) is 0 Å². The van der Waals surface area contributed by atoms with E-state index in [1.807, 2.05) is 24.3 Å². The van der Waals surface area contributed by atoms with Crippen molar-refractivity contribution in [2.75, 3.05) is 13.2 Å². The van der Waals surface area contributed by atoms with Crippen LogP contribution in [-0.4, -0.2) is 18.3 Å². The lowest BCUT2D eigenvalue weighted by Crippen LogP contribution is -2.15. The van der Waals surface area contributed by atoms with Gasteiger partial charge in [0.15, 0.2) is 0 Å². The summed E-state index contributed by atoms with van der Waals surface area (Å²) in [6, 6.07) is 7.84. The summed E-state index contributed by atoms with van der Waals surface area (Å²) in [4.78, 5) is 0. The van der Waals surface area contributed by atoms with Crippen LogP contribution in [0.3, 0.4) is 0 Å². The van der Waals surface area contributed by atoms with Gasteiger partial charge in [-0.05, 0) is 11.1 Å². The van der Waals surface area contributed by atoms with E-state index in [1.165, 1.54) is 0 Å². The minimum Gasteiger partial charge on any atom is -0.393 e. The first kappa shape index (κ1) is 8.48. The van der Waals surface area contributed by atoms with Crippen LogP contribution in [0.5, 0.6) is 0 Å². The summed E-state index contributed by atoms with van der Waals surface area (Å²) >= 11 is 0. The Balaban J connectivity index is 2.44. The Morgan fingerprint density at radius 1 is 1.54 bits per heavy atom. The molecule has 2 rings (SSSR count). The molecule has 0 amide bonds. The van der Waals surface area contributed by atoms with Crippen LogP contribution in [0, 0.1) is 0 Å². The molecule has 1 N–H and O–H groups in total. The Morgan fingerprint density at radius 2 is 2.23 bits per heavy atom. The summed E-state index contributed by atoms with van der Waals surface area (Å²) < 4.78 is 5.28. The minimum absolute atomic E-state index is 0.0395. The van der Waals surface area contributed by atoms with E-state index < -0.39 is 5.60 Å². The number of epoxide rings is 1. The molecule has 0 spiro atoms. The van der Waals surface area contributed by atoms with Crippen molar-refractivity contribution >= 4 is 6.08 Å². The molecule has 1 heterocycles. The zero-order chi connectivity index (χ0) is 9.31. The number of aliphatic hydroxyl groups is 1. The van der Waals surface area contributed by atoms with Gasteiger partial charge >= 0.3 is 0 Å². The minimum atomic E-state index is -0.440. The van der Waals surface area contributed by atoms with Gasteiger partial charge < -0.3 is 9.84 Å². The van der Waals surface area contributed by atoms with Crippen molar-refractivity contribution in [1.82, 2.24) is 0 Å². The SMILES string of the molecule is C=Cc1ccccc1[C@@]1(CO)CO1. The molecule has 68 valence electrons. The van der Waals surface area contributed by atoms with E-state index in [4.69, 9.17) is 4.74 Å². The lowest BCUT2D eigenvalue weighted by molar-refractivity contribution is 0.172. The highest BCUT2D eigenvalue weighted by atomic mass is 16.6. The number of benzene rings is 1. The van der Waals surface area contributed by atoms with E-state index in [9.17, 15) is 5.11 Å². The van der Waals surface area contributed by atoms with E-state index in [-0.39, 0.29) is 6.61 Å². The highest BCUT2D eigenvalue weighted by molar-refractivity contribution is 5.54. The van der Waals surface area contributed by atoms with E-state index >= 15 is 0 Å². The van der Waals surface area contributed by atoms with Crippen LogP contribution < -0.4 is 0 Å². The number of hydrogen-bond acceptors (Lipinski definition) is 2. The van der Waals surface area contributed by atoms with Crippen LogP contribution >= 0.6 is 0 Å². The largest absolute Gasteiger partial charge is 0.393 e. The van der Waals surface area contributed by atoms with E-state index in [1.54, 1.807) is 6.08 Å². The van der Waals surface area contributed by atoms with E-state index in [0.717, 1.165) is 11.1 Å². The smallest absolute Gasteiger partial charge is 0.140 e. The molecule has 0 unspecified atom stereocenters. The maximum atomic E-state index is 9.17. The molecule has 1 aliphatic heterocycles. The molecule has 1 aromatic rings. The summed E-state index contributed by atoms with van der Waals surface area (Å²) in [7, 11) is 0. The Morgan fingerprint density at radius 3 is 2.77 bits per heavy atom. The van der Waals surface area contributed by atoms with Crippen LogP contribution in [-0.2, 0) is 10.3 Å². The highest BCUT2D eigenvalue weighted by Gasteiger charge is 2.46. The fraction of sp³-hybridized carbons (Fsp3) is 0.273. The first-order chi connectivity index (χ1) is 6.32. The van der Waals surface area contributed by atoms with Gasteiger partial charge in [0.25, 0.3) is 0 Å². The molecular formula is C11H12O2. The van der Waals surface area contributed by atoms with Gasteiger partial charge in [0.05, 0.1) is 13.2 Å². The van der Waals surface area contributed by atoms with Crippen molar-refractivity contribution in [3.63, 3.8) is 0 Å². The van der Waals surface area contributed by atoms with Crippen LogP contribution in [0.25, 0.3) is 6.08 Å². The van der Waals surface area contributed by atoms with Gasteiger partial charge in [-0.15, -0.1) is 0 Å². The van der Waals surface area contributed by atoms with Crippen LogP contribution in [0.15, 0.2) is 30.8 Å². The quantitative estimate of drug-likeness (QED) is 0.709. The number of rotatable bonds is 3. The zero-order valence-electron chi connectivity index (χ0n) is 7.36. The van der Waals surface area contributed by atoms with Crippen molar-refractivity contribution in [2.24, 2.45) is 0 Å². The maximum Gasteiger partial charge on any atom is 0.140 e. The average Bonchev–Trinajstić information content (AvgIpc) is 2.98. The third-order valence-electron chi connectivity index (χ3n) is 2.42. The molecule has 0 aromatic heterocycles.